The van der Waals surface area contributed by atoms with Gasteiger partial charge in [-0.1, -0.05) is 6.42 Å². The predicted octanol–water partition coefficient (Wildman–Crippen LogP) is 1.62. The Hall–Kier alpha value is -1.32. The van der Waals surface area contributed by atoms with Crippen LogP contribution >= 0.6 is 0 Å². The third-order valence-corrected chi connectivity index (χ3v) is 4.12. The maximum absolute atomic E-state index is 11.1. The van der Waals surface area contributed by atoms with Crippen LogP contribution in [0.2, 0.25) is 0 Å². The minimum Gasteiger partial charge on any atom is -0.383 e. The Labute approximate surface area is 94.5 Å². The minimum absolute atomic E-state index is 0.141. The van der Waals surface area contributed by atoms with Gasteiger partial charge < -0.3 is 5.32 Å². The standard InChI is InChI=1S/C12H17N3O/c16-12-5-11(7-14-15-12)13-6-10-4-8-1-2-9(10)3-8/h5,7-10H,1-4,6H2,(H2,13,15,16). The van der Waals surface area contributed by atoms with Gasteiger partial charge in [0.25, 0.3) is 5.56 Å². The molecule has 2 fully saturated rings. The summed E-state index contributed by atoms with van der Waals surface area (Å²) >= 11 is 0. The lowest BCUT2D eigenvalue weighted by molar-refractivity contribution is 0.348. The number of hydrogen-bond donors (Lipinski definition) is 2. The molecule has 4 nitrogen and oxygen atoms in total. The first-order valence-corrected chi connectivity index (χ1v) is 6.10. The van der Waals surface area contributed by atoms with Crippen molar-refractivity contribution in [3.8, 4) is 0 Å². The van der Waals surface area contributed by atoms with Gasteiger partial charge in [0, 0.05) is 12.6 Å². The first-order chi connectivity index (χ1) is 7.81. The quantitative estimate of drug-likeness (QED) is 0.812. The van der Waals surface area contributed by atoms with Crippen LogP contribution in [-0.2, 0) is 0 Å². The zero-order valence-corrected chi connectivity index (χ0v) is 9.28. The molecule has 16 heavy (non-hydrogen) atoms. The average Bonchev–Trinajstić information content (AvgIpc) is 2.88. The topological polar surface area (TPSA) is 57.8 Å². The number of nitrogens with zero attached hydrogens (tertiary/aromatic N) is 1. The van der Waals surface area contributed by atoms with E-state index in [2.05, 4.69) is 15.5 Å². The van der Waals surface area contributed by atoms with Gasteiger partial charge in [-0.15, -0.1) is 0 Å². The van der Waals surface area contributed by atoms with Crippen molar-refractivity contribution in [1.82, 2.24) is 10.2 Å². The SMILES string of the molecule is O=c1cc(NCC2CC3CCC2C3)cn[nH]1. The lowest BCUT2D eigenvalue weighted by Gasteiger charge is -2.22. The summed E-state index contributed by atoms with van der Waals surface area (Å²) in [5.74, 6) is 2.71. The molecule has 3 rings (SSSR count). The van der Waals surface area contributed by atoms with Gasteiger partial charge in [0.2, 0.25) is 0 Å². The van der Waals surface area contributed by atoms with E-state index in [0.29, 0.717) is 0 Å². The van der Waals surface area contributed by atoms with Crippen molar-refractivity contribution in [2.75, 3.05) is 11.9 Å². The fourth-order valence-corrected chi connectivity index (χ4v) is 3.35. The Balaban J connectivity index is 1.59. The molecule has 3 atom stereocenters. The van der Waals surface area contributed by atoms with Crippen LogP contribution in [0.1, 0.15) is 25.7 Å². The maximum atomic E-state index is 11.1. The molecule has 0 saturated heterocycles. The molecular formula is C12H17N3O. The fourth-order valence-electron chi connectivity index (χ4n) is 3.35. The molecule has 86 valence electrons. The lowest BCUT2D eigenvalue weighted by Crippen LogP contribution is -2.21. The monoisotopic (exact) mass is 219 g/mol. The summed E-state index contributed by atoms with van der Waals surface area (Å²) in [6.07, 6.45) is 7.32. The number of anilines is 1. The summed E-state index contributed by atoms with van der Waals surface area (Å²) in [5, 5.41) is 9.49. The van der Waals surface area contributed by atoms with Crippen LogP contribution in [0.4, 0.5) is 5.69 Å². The second-order valence-corrected chi connectivity index (χ2v) is 5.15. The van der Waals surface area contributed by atoms with Crippen LogP contribution in [0.5, 0.6) is 0 Å². The maximum Gasteiger partial charge on any atom is 0.266 e. The van der Waals surface area contributed by atoms with Crippen molar-refractivity contribution >= 4 is 5.69 Å². The Morgan fingerprint density at radius 2 is 2.38 bits per heavy atom. The molecule has 0 aromatic carbocycles. The number of aromatic nitrogens is 2. The van der Waals surface area contributed by atoms with Gasteiger partial charge in [0.05, 0.1) is 11.9 Å². The highest BCUT2D eigenvalue weighted by Gasteiger charge is 2.38. The molecule has 0 aliphatic heterocycles. The van der Waals surface area contributed by atoms with E-state index in [9.17, 15) is 4.79 Å². The Bertz CT molecular complexity index is 428. The first-order valence-electron chi connectivity index (χ1n) is 6.10. The largest absolute Gasteiger partial charge is 0.383 e. The molecule has 0 spiro atoms. The van der Waals surface area contributed by atoms with Gasteiger partial charge in [-0.25, -0.2) is 5.10 Å². The zero-order chi connectivity index (χ0) is 11.0. The summed E-state index contributed by atoms with van der Waals surface area (Å²) in [7, 11) is 0. The lowest BCUT2D eigenvalue weighted by atomic mass is 9.89. The van der Waals surface area contributed by atoms with E-state index >= 15 is 0 Å². The summed E-state index contributed by atoms with van der Waals surface area (Å²) in [6, 6.07) is 1.57. The zero-order valence-electron chi connectivity index (χ0n) is 9.28. The summed E-state index contributed by atoms with van der Waals surface area (Å²) < 4.78 is 0. The normalized spacial score (nSPS) is 31.9. The molecule has 2 saturated carbocycles. The molecule has 1 aromatic rings. The second-order valence-electron chi connectivity index (χ2n) is 5.15. The minimum atomic E-state index is -0.141. The van der Waals surface area contributed by atoms with E-state index in [-0.39, 0.29) is 5.56 Å². The Morgan fingerprint density at radius 1 is 1.44 bits per heavy atom. The van der Waals surface area contributed by atoms with Gasteiger partial charge in [0.1, 0.15) is 0 Å². The van der Waals surface area contributed by atoms with E-state index in [1.807, 2.05) is 0 Å². The van der Waals surface area contributed by atoms with Gasteiger partial charge in [-0.05, 0) is 37.0 Å². The smallest absolute Gasteiger partial charge is 0.266 e. The number of H-pyrrole nitrogens is 1. The first kappa shape index (κ1) is 9.87. The number of fused-ring (bicyclic) bond motifs is 2. The van der Waals surface area contributed by atoms with E-state index in [4.69, 9.17) is 0 Å². The third kappa shape index (κ3) is 1.84. The van der Waals surface area contributed by atoms with E-state index in [1.165, 1.54) is 25.7 Å². The Morgan fingerprint density at radius 3 is 3.06 bits per heavy atom. The van der Waals surface area contributed by atoms with Crippen molar-refractivity contribution < 1.29 is 0 Å². The number of nitrogens with one attached hydrogen (secondary N) is 2. The molecule has 2 aliphatic carbocycles. The van der Waals surface area contributed by atoms with Crippen LogP contribution < -0.4 is 10.9 Å². The van der Waals surface area contributed by atoms with Crippen molar-refractivity contribution in [2.45, 2.75) is 25.7 Å². The van der Waals surface area contributed by atoms with Gasteiger partial charge in [0.15, 0.2) is 0 Å². The van der Waals surface area contributed by atoms with Gasteiger partial charge >= 0.3 is 0 Å². The van der Waals surface area contributed by atoms with Crippen LogP contribution in [0, 0.1) is 17.8 Å². The highest BCUT2D eigenvalue weighted by Crippen LogP contribution is 2.48. The molecule has 0 radical (unpaired) electrons. The van der Waals surface area contributed by atoms with Crippen molar-refractivity contribution in [2.24, 2.45) is 17.8 Å². The molecular weight excluding hydrogens is 202 g/mol. The molecule has 2 N–H and O–H groups in total. The third-order valence-electron chi connectivity index (χ3n) is 4.12. The predicted molar refractivity (Wildman–Crippen MR) is 62.3 cm³/mol. The van der Waals surface area contributed by atoms with E-state index in [1.54, 1.807) is 12.3 Å². The molecule has 3 unspecified atom stereocenters. The molecule has 4 heteroatoms. The van der Waals surface area contributed by atoms with Gasteiger partial charge in [-0.2, -0.15) is 5.10 Å². The summed E-state index contributed by atoms with van der Waals surface area (Å²) in [4.78, 5) is 11.1. The number of aromatic amines is 1. The van der Waals surface area contributed by atoms with E-state index < -0.39 is 0 Å². The average molecular weight is 219 g/mol. The van der Waals surface area contributed by atoms with E-state index in [0.717, 1.165) is 30.0 Å². The van der Waals surface area contributed by atoms with Crippen molar-refractivity contribution in [1.29, 1.82) is 0 Å². The molecule has 2 aliphatic rings. The van der Waals surface area contributed by atoms with Crippen LogP contribution in [0.25, 0.3) is 0 Å². The molecule has 2 bridgehead atoms. The van der Waals surface area contributed by atoms with Crippen molar-refractivity contribution in [3.63, 3.8) is 0 Å². The Kier molecular flexibility index (Phi) is 2.42. The number of hydrogen-bond acceptors (Lipinski definition) is 3. The van der Waals surface area contributed by atoms with Crippen molar-refractivity contribution in [3.05, 3.63) is 22.6 Å². The van der Waals surface area contributed by atoms with Gasteiger partial charge in [-0.3, -0.25) is 4.79 Å². The fraction of sp³-hybridized carbons (Fsp3) is 0.667. The molecule has 1 heterocycles. The van der Waals surface area contributed by atoms with Crippen LogP contribution in [0.3, 0.4) is 0 Å². The highest BCUT2D eigenvalue weighted by molar-refractivity contribution is 5.38. The highest BCUT2D eigenvalue weighted by atomic mass is 16.1. The van der Waals surface area contributed by atoms with Crippen LogP contribution in [-0.4, -0.2) is 16.7 Å². The number of rotatable bonds is 3. The molecule has 1 aromatic heterocycles. The second kappa shape index (κ2) is 3.92. The molecule has 0 amide bonds. The van der Waals surface area contributed by atoms with Crippen LogP contribution in [0.15, 0.2) is 17.1 Å². The summed E-state index contributed by atoms with van der Waals surface area (Å²) in [5.41, 5.74) is 0.699. The summed E-state index contributed by atoms with van der Waals surface area (Å²) in [6.45, 7) is 0.992.